The molecular formula is C23H18Cl2N2O5. The number of carbonyl (C=O) groups is 2. The second-order valence-electron chi connectivity index (χ2n) is 6.35. The number of ether oxygens (including phenoxy) is 3. The minimum atomic E-state index is -0.548. The van der Waals surface area contributed by atoms with Gasteiger partial charge in [-0.3, -0.25) is 4.79 Å². The number of halogens is 2. The molecule has 164 valence electrons. The third kappa shape index (κ3) is 6.73. The molecule has 0 atom stereocenters. The van der Waals surface area contributed by atoms with Crippen molar-refractivity contribution in [1.29, 1.82) is 0 Å². The first-order valence-electron chi connectivity index (χ1n) is 9.30. The Morgan fingerprint density at radius 3 is 2.47 bits per heavy atom. The Balaban J connectivity index is 1.56. The maximum atomic E-state index is 12.3. The number of rotatable bonds is 8. The molecule has 0 aliphatic heterocycles. The van der Waals surface area contributed by atoms with E-state index in [0.717, 1.165) is 0 Å². The third-order valence-electron chi connectivity index (χ3n) is 4.04. The normalized spacial score (nSPS) is 10.6. The number of benzene rings is 3. The molecule has 3 rings (SSSR count). The number of amides is 1. The van der Waals surface area contributed by atoms with Crippen LogP contribution in [0.2, 0.25) is 10.0 Å². The van der Waals surface area contributed by atoms with E-state index in [9.17, 15) is 9.59 Å². The number of esters is 1. The van der Waals surface area contributed by atoms with E-state index in [4.69, 9.17) is 37.4 Å². The molecule has 7 nitrogen and oxygen atoms in total. The standard InChI is InChI=1S/C23H18Cl2N2O5/c1-30-21-11-15(5-10-20(21)32-23(29)16-6-8-17(24)9-7-16)13-26-27-22(28)14-31-19-4-2-3-18(25)12-19/h2-13H,14H2,1H3,(H,27,28)/b26-13-. The number of methoxy groups -OCH3 is 1. The van der Waals surface area contributed by atoms with Gasteiger partial charge in [0.1, 0.15) is 5.75 Å². The number of carbonyl (C=O) groups excluding carboxylic acids is 2. The smallest absolute Gasteiger partial charge is 0.343 e. The molecule has 0 saturated carbocycles. The van der Waals surface area contributed by atoms with Gasteiger partial charge in [-0.1, -0.05) is 29.3 Å². The van der Waals surface area contributed by atoms with E-state index in [2.05, 4.69) is 10.5 Å². The summed E-state index contributed by atoms with van der Waals surface area (Å²) in [6, 6.07) is 17.9. The van der Waals surface area contributed by atoms with E-state index < -0.39 is 11.9 Å². The van der Waals surface area contributed by atoms with Crippen LogP contribution in [0.4, 0.5) is 0 Å². The lowest BCUT2D eigenvalue weighted by Crippen LogP contribution is -2.24. The fourth-order valence-corrected chi connectivity index (χ4v) is 2.82. The molecule has 3 aromatic carbocycles. The third-order valence-corrected chi connectivity index (χ3v) is 4.53. The first-order valence-corrected chi connectivity index (χ1v) is 10.1. The summed E-state index contributed by atoms with van der Waals surface area (Å²) in [4.78, 5) is 24.2. The second kappa shape index (κ2) is 11.2. The van der Waals surface area contributed by atoms with Crippen LogP contribution in [-0.4, -0.2) is 31.8 Å². The lowest BCUT2D eigenvalue weighted by molar-refractivity contribution is -0.123. The van der Waals surface area contributed by atoms with Crippen molar-refractivity contribution < 1.29 is 23.8 Å². The lowest BCUT2D eigenvalue weighted by Gasteiger charge is -2.10. The molecule has 3 aromatic rings. The zero-order chi connectivity index (χ0) is 22.9. The summed E-state index contributed by atoms with van der Waals surface area (Å²) in [5.74, 6) is 0.0515. The van der Waals surface area contributed by atoms with E-state index in [0.29, 0.717) is 32.7 Å². The second-order valence-corrected chi connectivity index (χ2v) is 7.22. The minimum Gasteiger partial charge on any atom is -0.493 e. The van der Waals surface area contributed by atoms with E-state index >= 15 is 0 Å². The van der Waals surface area contributed by atoms with Gasteiger partial charge in [-0.2, -0.15) is 5.10 Å². The fourth-order valence-electron chi connectivity index (χ4n) is 2.51. The molecule has 0 heterocycles. The fraction of sp³-hybridized carbons (Fsp3) is 0.0870. The Bertz CT molecular complexity index is 1130. The molecule has 1 N–H and O–H groups in total. The van der Waals surface area contributed by atoms with Crippen molar-refractivity contribution in [3.05, 3.63) is 87.9 Å². The van der Waals surface area contributed by atoms with Crippen molar-refractivity contribution in [1.82, 2.24) is 5.43 Å². The first-order chi connectivity index (χ1) is 15.4. The van der Waals surface area contributed by atoms with Crippen LogP contribution in [0, 0.1) is 0 Å². The highest BCUT2D eigenvalue weighted by Crippen LogP contribution is 2.28. The molecule has 0 saturated heterocycles. The number of hydrogen-bond acceptors (Lipinski definition) is 6. The van der Waals surface area contributed by atoms with Crippen LogP contribution in [0.1, 0.15) is 15.9 Å². The molecule has 0 aromatic heterocycles. The predicted molar refractivity (Wildman–Crippen MR) is 122 cm³/mol. The molecule has 0 aliphatic carbocycles. The van der Waals surface area contributed by atoms with Gasteiger partial charge in [0, 0.05) is 10.0 Å². The Morgan fingerprint density at radius 2 is 1.75 bits per heavy atom. The van der Waals surface area contributed by atoms with Gasteiger partial charge in [0.2, 0.25) is 0 Å². The van der Waals surface area contributed by atoms with Crippen molar-refractivity contribution in [3.8, 4) is 17.2 Å². The molecule has 0 spiro atoms. The monoisotopic (exact) mass is 472 g/mol. The Morgan fingerprint density at radius 1 is 0.969 bits per heavy atom. The summed E-state index contributed by atoms with van der Waals surface area (Å²) < 4.78 is 16.0. The minimum absolute atomic E-state index is 0.222. The van der Waals surface area contributed by atoms with Gasteiger partial charge in [0.25, 0.3) is 5.91 Å². The molecule has 9 heteroatoms. The average Bonchev–Trinajstić information content (AvgIpc) is 2.79. The van der Waals surface area contributed by atoms with Gasteiger partial charge in [0.05, 0.1) is 18.9 Å². The predicted octanol–water partition coefficient (Wildman–Crippen LogP) is 4.75. The number of hydrazone groups is 1. The molecule has 0 bridgehead atoms. The quantitative estimate of drug-likeness (QED) is 0.221. The number of hydrogen-bond donors (Lipinski definition) is 1. The van der Waals surface area contributed by atoms with Crippen LogP contribution < -0.4 is 19.6 Å². The topological polar surface area (TPSA) is 86.2 Å². The van der Waals surface area contributed by atoms with Crippen molar-refractivity contribution in [2.75, 3.05) is 13.7 Å². The largest absolute Gasteiger partial charge is 0.493 e. The molecule has 1 amide bonds. The Hall–Kier alpha value is -3.55. The molecule has 0 unspecified atom stereocenters. The highest BCUT2D eigenvalue weighted by Gasteiger charge is 2.13. The van der Waals surface area contributed by atoms with Gasteiger partial charge in [-0.05, 0) is 66.2 Å². The Kier molecular flexibility index (Phi) is 8.08. The number of nitrogens with one attached hydrogen (secondary N) is 1. The van der Waals surface area contributed by atoms with Crippen molar-refractivity contribution >= 4 is 41.3 Å². The van der Waals surface area contributed by atoms with E-state index in [1.54, 1.807) is 66.7 Å². The zero-order valence-corrected chi connectivity index (χ0v) is 18.4. The number of nitrogens with zero attached hydrogens (tertiary/aromatic N) is 1. The Labute approximate surface area is 194 Å². The summed E-state index contributed by atoms with van der Waals surface area (Å²) in [6.45, 7) is -0.222. The van der Waals surface area contributed by atoms with E-state index in [1.807, 2.05) is 0 Å². The van der Waals surface area contributed by atoms with Crippen LogP contribution in [0.15, 0.2) is 71.8 Å². The molecule has 0 radical (unpaired) electrons. The van der Waals surface area contributed by atoms with Crippen LogP contribution in [-0.2, 0) is 4.79 Å². The summed E-state index contributed by atoms with van der Waals surface area (Å²) in [5, 5.41) is 4.92. The maximum absolute atomic E-state index is 12.3. The summed E-state index contributed by atoms with van der Waals surface area (Å²) in [7, 11) is 1.45. The van der Waals surface area contributed by atoms with Crippen LogP contribution in [0.25, 0.3) is 0 Å². The maximum Gasteiger partial charge on any atom is 0.343 e. The molecule has 32 heavy (non-hydrogen) atoms. The van der Waals surface area contributed by atoms with Crippen LogP contribution in [0.3, 0.4) is 0 Å². The molecule has 0 aliphatic rings. The van der Waals surface area contributed by atoms with Crippen molar-refractivity contribution in [2.45, 2.75) is 0 Å². The average molecular weight is 473 g/mol. The van der Waals surface area contributed by atoms with Crippen LogP contribution >= 0.6 is 23.2 Å². The van der Waals surface area contributed by atoms with Crippen LogP contribution in [0.5, 0.6) is 17.2 Å². The summed E-state index contributed by atoms with van der Waals surface area (Å²) >= 11 is 11.7. The van der Waals surface area contributed by atoms with Gasteiger partial charge >= 0.3 is 5.97 Å². The summed E-state index contributed by atoms with van der Waals surface area (Å²) in [5.41, 5.74) is 3.33. The molecule has 0 fully saturated rings. The first kappa shape index (κ1) is 23.1. The van der Waals surface area contributed by atoms with E-state index in [-0.39, 0.29) is 12.4 Å². The highest BCUT2D eigenvalue weighted by molar-refractivity contribution is 6.31. The van der Waals surface area contributed by atoms with Gasteiger partial charge < -0.3 is 14.2 Å². The molecular weight excluding hydrogens is 455 g/mol. The van der Waals surface area contributed by atoms with Gasteiger partial charge in [-0.15, -0.1) is 0 Å². The highest BCUT2D eigenvalue weighted by atomic mass is 35.5. The lowest BCUT2D eigenvalue weighted by atomic mass is 10.2. The van der Waals surface area contributed by atoms with E-state index in [1.165, 1.54) is 13.3 Å². The SMILES string of the molecule is COc1cc(/C=N\NC(=O)COc2cccc(Cl)c2)ccc1OC(=O)c1ccc(Cl)cc1. The van der Waals surface area contributed by atoms with Gasteiger partial charge in [0.15, 0.2) is 18.1 Å². The zero-order valence-electron chi connectivity index (χ0n) is 16.9. The van der Waals surface area contributed by atoms with Crippen molar-refractivity contribution in [3.63, 3.8) is 0 Å². The summed E-state index contributed by atoms with van der Waals surface area (Å²) in [6.07, 6.45) is 1.42. The van der Waals surface area contributed by atoms with Gasteiger partial charge in [-0.25, -0.2) is 10.2 Å². The van der Waals surface area contributed by atoms with Crippen molar-refractivity contribution in [2.24, 2.45) is 5.10 Å².